The predicted octanol–water partition coefficient (Wildman–Crippen LogP) is 2.79. The first-order valence-electron chi connectivity index (χ1n) is 8.21. The second kappa shape index (κ2) is 8.15. The van der Waals surface area contributed by atoms with Crippen LogP contribution in [0.5, 0.6) is 5.75 Å². The number of carbonyl (C=O) groups excluding carboxylic acids is 2. The van der Waals surface area contributed by atoms with Crippen molar-refractivity contribution in [1.29, 1.82) is 10.5 Å². The van der Waals surface area contributed by atoms with E-state index in [2.05, 4.69) is 16.7 Å². The number of thioether (sulfide) groups is 1. The van der Waals surface area contributed by atoms with Gasteiger partial charge >= 0.3 is 0 Å². The molecule has 0 bridgehead atoms. The minimum Gasteiger partial charge on any atom is -0.497 e. The number of hydrogen-bond donors (Lipinski definition) is 2. The molecule has 140 valence electrons. The lowest BCUT2D eigenvalue weighted by Gasteiger charge is -2.35. The Morgan fingerprint density at radius 3 is 2.48 bits per heavy atom. The molecule has 0 saturated carbocycles. The summed E-state index contributed by atoms with van der Waals surface area (Å²) in [6.07, 6.45) is 0. The number of ether oxygens (including phenoxy) is 1. The number of anilines is 1. The van der Waals surface area contributed by atoms with Crippen molar-refractivity contribution in [2.24, 2.45) is 11.3 Å². The van der Waals surface area contributed by atoms with Crippen LogP contribution in [-0.4, -0.2) is 24.2 Å². The molecule has 0 radical (unpaired) electrons. The first-order chi connectivity index (χ1) is 12.7. The molecule has 0 fully saturated rings. The summed E-state index contributed by atoms with van der Waals surface area (Å²) in [5.41, 5.74) is -0.0246. The summed E-state index contributed by atoms with van der Waals surface area (Å²) in [5.74, 6) is -1.02. The summed E-state index contributed by atoms with van der Waals surface area (Å²) < 4.78 is 5.08. The Morgan fingerprint density at radius 1 is 1.33 bits per heavy atom. The fraction of sp³-hybridized carbons (Fsp3) is 0.368. The maximum Gasteiger partial charge on any atom is 0.243 e. The van der Waals surface area contributed by atoms with Crippen LogP contribution in [0.3, 0.4) is 0 Å². The highest BCUT2D eigenvalue weighted by Crippen LogP contribution is 2.42. The van der Waals surface area contributed by atoms with Gasteiger partial charge < -0.3 is 15.4 Å². The van der Waals surface area contributed by atoms with Crippen LogP contribution in [-0.2, 0) is 9.59 Å². The Labute approximate surface area is 162 Å². The number of hydrogen-bond acceptors (Lipinski definition) is 6. The second-order valence-electron chi connectivity index (χ2n) is 6.57. The normalized spacial score (nSPS) is 19.3. The van der Waals surface area contributed by atoms with E-state index in [0.717, 1.165) is 11.8 Å². The van der Waals surface area contributed by atoms with E-state index in [1.807, 2.05) is 6.07 Å². The third kappa shape index (κ3) is 4.24. The number of allylic oxidation sites excluding steroid dienone is 1. The number of nitriles is 2. The fourth-order valence-corrected chi connectivity index (χ4v) is 3.77. The van der Waals surface area contributed by atoms with E-state index < -0.39 is 22.5 Å². The zero-order valence-corrected chi connectivity index (χ0v) is 16.3. The Morgan fingerprint density at radius 2 is 1.96 bits per heavy atom. The van der Waals surface area contributed by atoms with Crippen LogP contribution in [0.2, 0.25) is 0 Å². The van der Waals surface area contributed by atoms with E-state index in [9.17, 15) is 20.1 Å². The lowest BCUT2D eigenvalue weighted by molar-refractivity contribution is -0.125. The van der Waals surface area contributed by atoms with Crippen LogP contribution in [0.1, 0.15) is 20.8 Å². The van der Waals surface area contributed by atoms with Crippen molar-refractivity contribution in [3.05, 3.63) is 34.9 Å². The van der Waals surface area contributed by atoms with Gasteiger partial charge in [-0.15, -0.1) is 0 Å². The van der Waals surface area contributed by atoms with Crippen molar-refractivity contribution in [1.82, 2.24) is 5.32 Å². The maximum absolute atomic E-state index is 12.5. The molecule has 1 aliphatic heterocycles. The van der Waals surface area contributed by atoms with Gasteiger partial charge in [0, 0.05) is 11.1 Å². The van der Waals surface area contributed by atoms with E-state index in [4.69, 9.17) is 4.74 Å². The third-order valence-electron chi connectivity index (χ3n) is 4.35. The first kappa shape index (κ1) is 20.3. The lowest BCUT2D eigenvalue weighted by Crippen LogP contribution is -2.45. The van der Waals surface area contributed by atoms with Crippen molar-refractivity contribution in [2.75, 3.05) is 12.4 Å². The topological polar surface area (TPSA) is 115 Å². The Bertz CT molecular complexity index is 862. The zero-order valence-electron chi connectivity index (χ0n) is 15.5. The van der Waals surface area contributed by atoms with E-state index >= 15 is 0 Å². The molecule has 8 heteroatoms. The van der Waals surface area contributed by atoms with Crippen molar-refractivity contribution in [2.45, 2.75) is 26.0 Å². The molecule has 7 nitrogen and oxygen atoms in total. The number of amides is 2. The largest absolute Gasteiger partial charge is 0.497 e. The van der Waals surface area contributed by atoms with Gasteiger partial charge in [-0.25, -0.2) is 0 Å². The smallest absolute Gasteiger partial charge is 0.243 e. The molecule has 0 saturated heterocycles. The van der Waals surface area contributed by atoms with Crippen molar-refractivity contribution >= 4 is 29.3 Å². The van der Waals surface area contributed by atoms with Crippen LogP contribution in [0.4, 0.5) is 5.69 Å². The van der Waals surface area contributed by atoms with Crippen LogP contribution in [0.15, 0.2) is 34.9 Å². The lowest BCUT2D eigenvalue weighted by atomic mass is 9.72. The van der Waals surface area contributed by atoms with Gasteiger partial charge in [0.25, 0.3) is 0 Å². The number of nitrogens with zero attached hydrogens (tertiary/aromatic N) is 2. The van der Waals surface area contributed by atoms with Crippen LogP contribution in [0, 0.1) is 34.0 Å². The van der Waals surface area contributed by atoms with Gasteiger partial charge in [0.2, 0.25) is 11.8 Å². The maximum atomic E-state index is 12.5. The minimum absolute atomic E-state index is 0.274. The summed E-state index contributed by atoms with van der Waals surface area (Å²) in [6, 6.07) is 10.9. The summed E-state index contributed by atoms with van der Waals surface area (Å²) >= 11 is 1.09. The fourth-order valence-electron chi connectivity index (χ4n) is 2.66. The molecular formula is C19H20N4O3S. The Kier molecular flexibility index (Phi) is 6.14. The summed E-state index contributed by atoms with van der Waals surface area (Å²) in [4.78, 5) is 24.7. The van der Waals surface area contributed by atoms with Crippen LogP contribution < -0.4 is 15.4 Å². The van der Waals surface area contributed by atoms with Gasteiger partial charge in [-0.1, -0.05) is 25.6 Å². The minimum atomic E-state index is -0.958. The predicted molar refractivity (Wildman–Crippen MR) is 102 cm³/mol. The molecule has 1 aromatic rings. The van der Waals surface area contributed by atoms with Crippen molar-refractivity contribution in [3.63, 3.8) is 0 Å². The van der Waals surface area contributed by atoms with Crippen LogP contribution in [0.25, 0.3) is 0 Å². The first-order valence-corrected chi connectivity index (χ1v) is 9.09. The van der Waals surface area contributed by atoms with E-state index in [1.54, 1.807) is 52.1 Å². The molecule has 27 heavy (non-hydrogen) atoms. The van der Waals surface area contributed by atoms with Crippen molar-refractivity contribution in [3.8, 4) is 17.9 Å². The molecule has 0 aliphatic carbocycles. The molecule has 2 N–H and O–H groups in total. The molecule has 0 aromatic heterocycles. The zero-order chi connectivity index (χ0) is 20.2. The number of carbonyl (C=O) groups is 2. The number of methoxy groups -OCH3 is 1. The average molecular weight is 384 g/mol. The highest BCUT2D eigenvalue weighted by molar-refractivity contribution is 8.04. The highest BCUT2D eigenvalue weighted by atomic mass is 32.2. The molecule has 0 spiro atoms. The van der Waals surface area contributed by atoms with Crippen LogP contribution >= 0.6 is 11.8 Å². The Balaban J connectivity index is 2.17. The summed E-state index contributed by atoms with van der Waals surface area (Å²) in [6.45, 7) is 5.04. The standard InChI is InChI=1S/C19H20N4O3S/c1-11(16(24)22-12-5-7-13(26-4)8-6-12)27-18-15(10-21)19(2,3)14(9-20)17(25)23-18/h5-8,11,14H,1-4H3,(H,22,24)(H,23,25)/t11-,14-/m1/s1. The second-order valence-corrected chi connectivity index (χ2v) is 7.92. The molecule has 2 atom stereocenters. The molecule has 1 aliphatic rings. The molecule has 2 rings (SSSR count). The van der Waals surface area contributed by atoms with Gasteiger partial charge in [0.15, 0.2) is 0 Å². The quantitative estimate of drug-likeness (QED) is 0.807. The van der Waals surface area contributed by atoms with Crippen molar-refractivity contribution < 1.29 is 14.3 Å². The van der Waals surface area contributed by atoms with E-state index in [0.29, 0.717) is 22.0 Å². The van der Waals surface area contributed by atoms with E-state index in [1.165, 1.54) is 0 Å². The number of nitrogens with one attached hydrogen (secondary N) is 2. The summed E-state index contributed by atoms with van der Waals surface area (Å²) in [5, 5.41) is 23.9. The molecular weight excluding hydrogens is 364 g/mol. The van der Waals surface area contributed by atoms with E-state index in [-0.39, 0.29) is 5.91 Å². The SMILES string of the molecule is COc1ccc(NC(=O)[C@@H](C)SC2=C(C#N)C(C)(C)[C@H](C#N)C(=O)N2)cc1. The average Bonchev–Trinajstić information content (AvgIpc) is 2.62. The van der Waals surface area contributed by atoms with Gasteiger partial charge in [-0.2, -0.15) is 10.5 Å². The Hall–Kier alpha value is -2.97. The molecule has 0 unspecified atom stereocenters. The monoisotopic (exact) mass is 384 g/mol. The third-order valence-corrected chi connectivity index (χ3v) is 5.46. The number of benzene rings is 1. The molecule has 1 heterocycles. The summed E-state index contributed by atoms with van der Waals surface area (Å²) in [7, 11) is 1.56. The van der Waals surface area contributed by atoms with Gasteiger partial charge in [0.05, 0.1) is 35.1 Å². The molecule has 2 amide bonds. The van der Waals surface area contributed by atoms with Gasteiger partial charge in [-0.3, -0.25) is 9.59 Å². The number of rotatable bonds is 5. The molecule has 1 aromatic carbocycles. The van der Waals surface area contributed by atoms with Gasteiger partial charge in [0.1, 0.15) is 11.7 Å². The van der Waals surface area contributed by atoms with Gasteiger partial charge in [-0.05, 0) is 31.2 Å². The highest BCUT2D eigenvalue weighted by Gasteiger charge is 2.45.